The standard InChI is InChI=1S/C26H29NO4/c1-3-22(17(2)27-15-18-8-9-19-6-4-5-7-20(19)12-18)21-13-23(26-28-10-11-29-26)25-24(14-21)30-16-31-25/h4-9,12-14,17,22,26-27H,3,10-11,15-16H2,1-2H3. The highest BCUT2D eigenvalue weighted by molar-refractivity contribution is 5.82. The van der Waals surface area contributed by atoms with Crippen LogP contribution in [0, 0.1) is 0 Å². The average Bonchev–Trinajstić information content (AvgIpc) is 3.50. The van der Waals surface area contributed by atoms with Gasteiger partial charge in [0.15, 0.2) is 17.8 Å². The molecule has 0 aromatic heterocycles. The Morgan fingerprint density at radius 3 is 2.58 bits per heavy atom. The minimum Gasteiger partial charge on any atom is -0.454 e. The van der Waals surface area contributed by atoms with Gasteiger partial charge in [0.2, 0.25) is 6.79 Å². The van der Waals surface area contributed by atoms with Crippen LogP contribution in [0.1, 0.15) is 49.2 Å². The van der Waals surface area contributed by atoms with Crippen molar-refractivity contribution in [3.8, 4) is 11.5 Å². The van der Waals surface area contributed by atoms with Crippen LogP contribution in [-0.4, -0.2) is 26.0 Å². The van der Waals surface area contributed by atoms with Gasteiger partial charge in [-0.2, -0.15) is 0 Å². The van der Waals surface area contributed by atoms with E-state index in [1.807, 2.05) is 0 Å². The van der Waals surface area contributed by atoms with Crippen LogP contribution in [0.25, 0.3) is 10.8 Å². The van der Waals surface area contributed by atoms with Gasteiger partial charge in [0.25, 0.3) is 0 Å². The predicted molar refractivity (Wildman–Crippen MR) is 120 cm³/mol. The van der Waals surface area contributed by atoms with Crippen molar-refractivity contribution in [2.45, 2.75) is 45.1 Å². The van der Waals surface area contributed by atoms with E-state index in [1.54, 1.807) is 0 Å². The van der Waals surface area contributed by atoms with Gasteiger partial charge in [-0.3, -0.25) is 0 Å². The van der Waals surface area contributed by atoms with E-state index in [9.17, 15) is 0 Å². The first-order chi connectivity index (χ1) is 15.2. The van der Waals surface area contributed by atoms with Gasteiger partial charge in [-0.05, 0) is 59.4 Å². The molecule has 2 unspecified atom stereocenters. The molecule has 162 valence electrons. The lowest BCUT2D eigenvalue weighted by Crippen LogP contribution is -2.31. The molecule has 0 amide bonds. The van der Waals surface area contributed by atoms with Gasteiger partial charge in [-0.15, -0.1) is 0 Å². The molecule has 1 saturated heterocycles. The molecular formula is C26H29NO4. The second-order valence-electron chi connectivity index (χ2n) is 8.28. The molecule has 2 aliphatic heterocycles. The summed E-state index contributed by atoms with van der Waals surface area (Å²) in [6, 6.07) is 19.7. The van der Waals surface area contributed by atoms with Crippen molar-refractivity contribution in [1.82, 2.24) is 5.32 Å². The van der Waals surface area contributed by atoms with Gasteiger partial charge in [0.1, 0.15) is 0 Å². The van der Waals surface area contributed by atoms with Crippen molar-refractivity contribution in [1.29, 1.82) is 0 Å². The SMILES string of the molecule is CCC(c1cc2c(c(C3OCCO3)c1)OCO2)C(C)NCc1ccc2ccccc2c1. The molecule has 0 spiro atoms. The largest absolute Gasteiger partial charge is 0.454 e. The minimum atomic E-state index is -0.381. The molecule has 3 aromatic rings. The monoisotopic (exact) mass is 419 g/mol. The van der Waals surface area contributed by atoms with E-state index in [2.05, 4.69) is 73.8 Å². The van der Waals surface area contributed by atoms with Crippen LogP contribution >= 0.6 is 0 Å². The summed E-state index contributed by atoms with van der Waals surface area (Å²) in [5, 5.41) is 6.28. The first-order valence-corrected chi connectivity index (χ1v) is 11.1. The molecule has 0 bridgehead atoms. The number of fused-ring (bicyclic) bond motifs is 2. The maximum atomic E-state index is 5.76. The third kappa shape index (κ3) is 4.13. The molecule has 2 atom stereocenters. The second-order valence-corrected chi connectivity index (χ2v) is 8.28. The zero-order chi connectivity index (χ0) is 21.2. The predicted octanol–water partition coefficient (Wildman–Crippen LogP) is 5.29. The number of rotatable bonds is 7. The van der Waals surface area contributed by atoms with E-state index in [0.29, 0.717) is 19.1 Å². The molecule has 0 radical (unpaired) electrons. The third-order valence-corrected chi connectivity index (χ3v) is 6.31. The van der Waals surface area contributed by atoms with Crippen molar-refractivity contribution in [2.75, 3.05) is 20.0 Å². The minimum absolute atomic E-state index is 0.241. The lowest BCUT2D eigenvalue weighted by atomic mass is 9.88. The van der Waals surface area contributed by atoms with Crippen LogP contribution < -0.4 is 14.8 Å². The van der Waals surface area contributed by atoms with Crippen LogP contribution in [-0.2, 0) is 16.0 Å². The summed E-state index contributed by atoms with van der Waals surface area (Å²) in [4.78, 5) is 0. The first kappa shape index (κ1) is 20.3. The zero-order valence-corrected chi connectivity index (χ0v) is 18.1. The van der Waals surface area contributed by atoms with Crippen molar-refractivity contribution in [2.24, 2.45) is 0 Å². The lowest BCUT2D eigenvalue weighted by molar-refractivity contribution is -0.0456. The average molecular weight is 420 g/mol. The first-order valence-electron chi connectivity index (χ1n) is 11.1. The van der Waals surface area contributed by atoms with Crippen LogP contribution in [0.3, 0.4) is 0 Å². The highest BCUT2D eigenvalue weighted by atomic mass is 16.7. The molecule has 0 saturated carbocycles. The fourth-order valence-electron chi connectivity index (χ4n) is 4.63. The number of nitrogens with one attached hydrogen (secondary N) is 1. The maximum absolute atomic E-state index is 5.76. The molecule has 5 rings (SSSR count). The van der Waals surface area contributed by atoms with Crippen LogP contribution in [0.4, 0.5) is 0 Å². The highest BCUT2D eigenvalue weighted by Gasteiger charge is 2.30. The van der Waals surface area contributed by atoms with Gasteiger partial charge in [-0.1, -0.05) is 43.3 Å². The van der Waals surface area contributed by atoms with Gasteiger partial charge in [0, 0.05) is 12.6 Å². The van der Waals surface area contributed by atoms with Gasteiger partial charge in [0.05, 0.1) is 18.8 Å². The summed E-state index contributed by atoms with van der Waals surface area (Å²) in [6.45, 7) is 6.75. The Bertz CT molecular complexity index is 1060. The maximum Gasteiger partial charge on any atom is 0.231 e. The summed E-state index contributed by atoms with van der Waals surface area (Å²) in [6.07, 6.45) is 0.630. The normalized spacial score (nSPS) is 17.9. The van der Waals surface area contributed by atoms with Crippen LogP contribution in [0.2, 0.25) is 0 Å². The fourth-order valence-corrected chi connectivity index (χ4v) is 4.63. The lowest BCUT2D eigenvalue weighted by Gasteiger charge is -2.26. The Kier molecular flexibility index (Phi) is 5.81. The molecule has 1 fully saturated rings. The van der Waals surface area contributed by atoms with Crippen molar-refractivity contribution >= 4 is 10.8 Å². The van der Waals surface area contributed by atoms with Gasteiger partial charge >= 0.3 is 0 Å². The van der Waals surface area contributed by atoms with E-state index in [4.69, 9.17) is 18.9 Å². The van der Waals surface area contributed by atoms with Crippen molar-refractivity contribution < 1.29 is 18.9 Å². The molecule has 2 heterocycles. The molecule has 31 heavy (non-hydrogen) atoms. The summed E-state index contributed by atoms with van der Waals surface area (Å²) in [7, 11) is 0. The van der Waals surface area contributed by atoms with Crippen molar-refractivity contribution in [3.63, 3.8) is 0 Å². The van der Waals surface area contributed by atoms with Crippen molar-refractivity contribution in [3.05, 3.63) is 71.3 Å². The molecule has 3 aromatic carbocycles. The Labute approximate surface area is 183 Å². The van der Waals surface area contributed by atoms with E-state index in [-0.39, 0.29) is 19.1 Å². The quantitative estimate of drug-likeness (QED) is 0.564. The van der Waals surface area contributed by atoms with E-state index < -0.39 is 0 Å². The molecule has 2 aliphatic rings. The Balaban J connectivity index is 1.35. The van der Waals surface area contributed by atoms with E-state index in [0.717, 1.165) is 30.0 Å². The second kappa shape index (κ2) is 8.87. The summed E-state index contributed by atoms with van der Waals surface area (Å²) < 4.78 is 23.0. The highest BCUT2D eigenvalue weighted by Crippen LogP contribution is 2.44. The van der Waals surface area contributed by atoms with E-state index >= 15 is 0 Å². The van der Waals surface area contributed by atoms with Crippen LogP contribution in [0.15, 0.2) is 54.6 Å². The Morgan fingerprint density at radius 1 is 0.968 bits per heavy atom. The summed E-state index contributed by atoms with van der Waals surface area (Å²) in [5.74, 6) is 1.86. The van der Waals surface area contributed by atoms with Gasteiger partial charge in [-0.25, -0.2) is 0 Å². The third-order valence-electron chi connectivity index (χ3n) is 6.31. The molecule has 5 nitrogen and oxygen atoms in total. The smallest absolute Gasteiger partial charge is 0.231 e. The topological polar surface area (TPSA) is 49.0 Å². The number of hydrogen-bond acceptors (Lipinski definition) is 5. The Hall–Kier alpha value is -2.60. The van der Waals surface area contributed by atoms with E-state index in [1.165, 1.54) is 21.9 Å². The number of hydrogen-bond donors (Lipinski definition) is 1. The molecular weight excluding hydrogens is 390 g/mol. The van der Waals surface area contributed by atoms with Gasteiger partial charge < -0.3 is 24.3 Å². The number of ether oxygens (including phenoxy) is 4. The molecule has 5 heteroatoms. The fraction of sp³-hybridized carbons (Fsp3) is 0.385. The van der Waals surface area contributed by atoms with Crippen LogP contribution in [0.5, 0.6) is 11.5 Å². The molecule has 1 N–H and O–H groups in total. The molecule has 0 aliphatic carbocycles. The zero-order valence-electron chi connectivity index (χ0n) is 18.1. The summed E-state index contributed by atoms with van der Waals surface area (Å²) >= 11 is 0. The summed E-state index contributed by atoms with van der Waals surface area (Å²) in [5.41, 5.74) is 3.45. The Morgan fingerprint density at radius 2 is 1.77 bits per heavy atom. The number of benzene rings is 3.